The minimum atomic E-state index is -0.526. The zero-order chi connectivity index (χ0) is 26.4. The molecule has 2 amide bonds. The van der Waals surface area contributed by atoms with E-state index in [0.29, 0.717) is 31.7 Å². The molecule has 200 valence electrons. The lowest BCUT2D eigenvalue weighted by Gasteiger charge is -2.35. The lowest BCUT2D eigenvalue weighted by molar-refractivity contribution is 0.0141. The largest absolute Gasteiger partial charge is 0.497 e. The monoisotopic (exact) mass is 509 g/mol. The molecule has 2 fully saturated rings. The van der Waals surface area contributed by atoms with Crippen molar-refractivity contribution in [3.63, 3.8) is 0 Å². The molecular weight excluding hydrogens is 470 g/mol. The van der Waals surface area contributed by atoms with Gasteiger partial charge < -0.3 is 24.0 Å². The van der Waals surface area contributed by atoms with E-state index in [2.05, 4.69) is 17.0 Å². The Morgan fingerprint density at radius 1 is 0.811 bits per heavy atom. The zero-order valence-electron chi connectivity index (χ0n) is 22.4. The van der Waals surface area contributed by atoms with Crippen LogP contribution >= 0.6 is 0 Å². The number of hydrogen-bond donors (Lipinski definition) is 0. The van der Waals surface area contributed by atoms with Gasteiger partial charge in [0.1, 0.15) is 23.2 Å². The molecule has 0 N–H and O–H groups in total. The molecule has 2 heterocycles. The molecule has 0 unspecified atom stereocenters. The topological polar surface area (TPSA) is 71.6 Å². The molecular formula is C29H39N3O5. The van der Waals surface area contributed by atoms with E-state index in [1.165, 1.54) is 5.56 Å². The maximum atomic E-state index is 13.0. The normalized spacial score (nSPS) is 17.4. The Morgan fingerprint density at radius 3 is 1.95 bits per heavy atom. The Balaban J connectivity index is 1.20. The molecule has 0 atom stereocenters. The number of benzene rings is 2. The van der Waals surface area contributed by atoms with Gasteiger partial charge in [0, 0.05) is 51.4 Å². The standard InChI is InChI=1S/C29H39N3O5/c1-29(2,3)37-28(34)32-19-17-31(18-20-32)27(33)23-7-11-25(12-8-23)36-26-13-15-30(16-14-26)21-22-5-9-24(35-4)10-6-22/h5-12,26H,13-21H2,1-4H3. The van der Waals surface area contributed by atoms with Crippen molar-refractivity contribution in [2.75, 3.05) is 46.4 Å². The van der Waals surface area contributed by atoms with Crippen LogP contribution in [0, 0.1) is 0 Å². The molecule has 0 aromatic heterocycles. The summed E-state index contributed by atoms with van der Waals surface area (Å²) in [5.74, 6) is 1.64. The van der Waals surface area contributed by atoms with Gasteiger partial charge in [0.15, 0.2) is 0 Å². The summed E-state index contributed by atoms with van der Waals surface area (Å²) in [7, 11) is 1.68. The summed E-state index contributed by atoms with van der Waals surface area (Å²) in [6.45, 7) is 10.4. The highest BCUT2D eigenvalue weighted by Gasteiger charge is 2.28. The van der Waals surface area contributed by atoms with E-state index in [9.17, 15) is 9.59 Å². The number of rotatable bonds is 6. The van der Waals surface area contributed by atoms with Gasteiger partial charge in [-0.05, 0) is 75.6 Å². The molecule has 0 bridgehead atoms. The highest BCUT2D eigenvalue weighted by molar-refractivity contribution is 5.94. The maximum Gasteiger partial charge on any atom is 0.410 e. The lowest BCUT2D eigenvalue weighted by Crippen LogP contribution is -2.51. The van der Waals surface area contributed by atoms with Crippen molar-refractivity contribution in [2.45, 2.75) is 51.9 Å². The van der Waals surface area contributed by atoms with Crippen molar-refractivity contribution < 1.29 is 23.8 Å². The minimum absolute atomic E-state index is 0.0257. The van der Waals surface area contributed by atoms with Crippen molar-refractivity contribution in [1.82, 2.24) is 14.7 Å². The Hall–Kier alpha value is -3.26. The summed E-state index contributed by atoms with van der Waals surface area (Å²) >= 11 is 0. The van der Waals surface area contributed by atoms with E-state index in [-0.39, 0.29) is 18.1 Å². The number of nitrogens with zero attached hydrogens (tertiary/aromatic N) is 3. The first-order chi connectivity index (χ1) is 17.7. The first-order valence-corrected chi connectivity index (χ1v) is 13.1. The van der Waals surface area contributed by atoms with Gasteiger partial charge in [0.2, 0.25) is 0 Å². The molecule has 2 aromatic rings. The average Bonchev–Trinajstić information content (AvgIpc) is 2.89. The number of hydrogen-bond acceptors (Lipinski definition) is 6. The highest BCUT2D eigenvalue weighted by atomic mass is 16.6. The smallest absolute Gasteiger partial charge is 0.410 e. The van der Waals surface area contributed by atoms with Crippen LogP contribution in [0.2, 0.25) is 0 Å². The van der Waals surface area contributed by atoms with E-state index in [1.807, 2.05) is 57.2 Å². The number of ether oxygens (including phenoxy) is 3. The average molecular weight is 510 g/mol. The lowest BCUT2D eigenvalue weighted by atomic mass is 10.1. The van der Waals surface area contributed by atoms with E-state index >= 15 is 0 Å². The van der Waals surface area contributed by atoms with Crippen LogP contribution in [0.4, 0.5) is 4.79 Å². The van der Waals surface area contributed by atoms with Crippen molar-refractivity contribution in [1.29, 1.82) is 0 Å². The molecule has 2 saturated heterocycles. The van der Waals surface area contributed by atoms with E-state index in [0.717, 1.165) is 44.0 Å². The maximum absolute atomic E-state index is 13.0. The second kappa shape index (κ2) is 11.9. The van der Waals surface area contributed by atoms with Crippen molar-refractivity contribution in [3.05, 3.63) is 59.7 Å². The van der Waals surface area contributed by atoms with E-state index in [4.69, 9.17) is 14.2 Å². The summed E-state index contributed by atoms with van der Waals surface area (Å²) in [5, 5.41) is 0. The molecule has 8 heteroatoms. The van der Waals surface area contributed by atoms with Gasteiger partial charge in [-0.1, -0.05) is 12.1 Å². The molecule has 0 saturated carbocycles. The summed E-state index contributed by atoms with van der Waals surface area (Å²) in [4.78, 5) is 31.1. The van der Waals surface area contributed by atoms with Crippen LogP contribution < -0.4 is 9.47 Å². The number of carbonyl (C=O) groups is 2. The highest BCUT2D eigenvalue weighted by Crippen LogP contribution is 2.22. The van der Waals surface area contributed by atoms with E-state index < -0.39 is 5.60 Å². The molecule has 8 nitrogen and oxygen atoms in total. The third-order valence-corrected chi connectivity index (χ3v) is 6.72. The van der Waals surface area contributed by atoms with Gasteiger partial charge in [-0.3, -0.25) is 9.69 Å². The molecule has 37 heavy (non-hydrogen) atoms. The van der Waals surface area contributed by atoms with Gasteiger partial charge in [0.25, 0.3) is 5.91 Å². The van der Waals surface area contributed by atoms with Crippen LogP contribution in [0.3, 0.4) is 0 Å². The minimum Gasteiger partial charge on any atom is -0.497 e. The first kappa shape index (κ1) is 26.8. The molecule has 2 aromatic carbocycles. The molecule has 0 aliphatic carbocycles. The Labute approximate surface area is 220 Å². The Morgan fingerprint density at radius 2 is 1.38 bits per heavy atom. The second-order valence-corrected chi connectivity index (χ2v) is 10.7. The van der Waals surface area contributed by atoms with Gasteiger partial charge in [-0.25, -0.2) is 4.79 Å². The summed E-state index contributed by atoms with van der Waals surface area (Å²) < 4.78 is 16.9. The predicted octanol–water partition coefficient (Wildman–Crippen LogP) is 4.43. The van der Waals surface area contributed by atoms with Crippen LogP contribution in [0.1, 0.15) is 49.5 Å². The summed E-state index contributed by atoms with van der Waals surface area (Å²) in [5.41, 5.74) is 1.39. The van der Waals surface area contributed by atoms with Crippen LogP contribution in [-0.2, 0) is 11.3 Å². The van der Waals surface area contributed by atoms with Crippen molar-refractivity contribution in [2.24, 2.45) is 0 Å². The quantitative estimate of drug-likeness (QED) is 0.574. The molecule has 2 aliphatic heterocycles. The SMILES string of the molecule is COc1ccc(CN2CCC(Oc3ccc(C(=O)N4CCN(C(=O)OC(C)(C)C)CC4)cc3)CC2)cc1. The van der Waals surface area contributed by atoms with Crippen LogP contribution in [-0.4, -0.2) is 84.8 Å². The molecule has 0 radical (unpaired) electrons. The van der Waals surface area contributed by atoms with Crippen LogP contribution in [0.25, 0.3) is 0 Å². The fraction of sp³-hybridized carbons (Fsp3) is 0.517. The van der Waals surface area contributed by atoms with E-state index in [1.54, 1.807) is 16.9 Å². The number of piperazine rings is 1. The third-order valence-electron chi connectivity index (χ3n) is 6.72. The van der Waals surface area contributed by atoms with Gasteiger partial charge in [-0.2, -0.15) is 0 Å². The third kappa shape index (κ3) is 7.61. The Bertz CT molecular complexity index is 1030. The van der Waals surface area contributed by atoms with Crippen molar-refractivity contribution in [3.8, 4) is 11.5 Å². The first-order valence-electron chi connectivity index (χ1n) is 13.1. The van der Waals surface area contributed by atoms with Gasteiger partial charge >= 0.3 is 6.09 Å². The molecule has 4 rings (SSSR count). The number of piperidine rings is 1. The molecule has 2 aliphatic rings. The van der Waals surface area contributed by atoms with Crippen LogP contribution in [0.15, 0.2) is 48.5 Å². The Kier molecular flexibility index (Phi) is 8.59. The summed E-state index contributed by atoms with van der Waals surface area (Å²) in [6, 6.07) is 15.7. The number of likely N-dealkylation sites (tertiary alicyclic amines) is 1. The predicted molar refractivity (Wildman–Crippen MR) is 142 cm³/mol. The second-order valence-electron chi connectivity index (χ2n) is 10.7. The van der Waals surface area contributed by atoms with Crippen molar-refractivity contribution >= 4 is 12.0 Å². The zero-order valence-corrected chi connectivity index (χ0v) is 22.4. The number of amides is 2. The van der Waals surface area contributed by atoms with Crippen LogP contribution in [0.5, 0.6) is 11.5 Å². The fourth-order valence-corrected chi connectivity index (χ4v) is 4.64. The van der Waals surface area contributed by atoms with Gasteiger partial charge in [0.05, 0.1) is 7.11 Å². The number of methoxy groups -OCH3 is 1. The number of carbonyl (C=O) groups excluding carboxylic acids is 2. The van der Waals surface area contributed by atoms with Gasteiger partial charge in [-0.15, -0.1) is 0 Å². The summed E-state index contributed by atoms with van der Waals surface area (Å²) in [6.07, 6.45) is 1.79. The molecule has 0 spiro atoms. The fourth-order valence-electron chi connectivity index (χ4n) is 4.64.